The summed E-state index contributed by atoms with van der Waals surface area (Å²) in [4.78, 5) is 0. The Kier molecular flexibility index (Phi) is 6.40. The van der Waals surface area contributed by atoms with E-state index < -0.39 is 19.1 Å². The average Bonchev–Trinajstić information content (AvgIpc) is 2.03. The Morgan fingerprint density at radius 2 is 1.73 bits per heavy atom. The lowest BCUT2D eigenvalue weighted by atomic mass is 10.4. The molecular formula is C7H15FO3. The number of aliphatic hydroxyl groups is 1. The van der Waals surface area contributed by atoms with Crippen LogP contribution in [0.15, 0.2) is 0 Å². The topological polar surface area (TPSA) is 38.7 Å². The minimum atomic E-state index is -1.17. The zero-order chi connectivity index (χ0) is 8.69. The van der Waals surface area contributed by atoms with E-state index in [0.717, 1.165) is 0 Å². The van der Waals surface area contributed by atoms with Crippen LogP contribution in [0.5, 0.6) is 0 Å². The lowest BCUT2D eigenvalue weighted by Gasteiger charge is -2.19. The highest BCUT2D eigenvalue weighted by Crippen LogP contribution is 2.02. The molecule has 0 amide bonds. The Morgan fingerprint density at radius 3 is 2.00 bits per heavy atom. The van der Waals surface area contributed by atoms with Gasteiger partial charge in [0.05, 0.1) is 0 Å². The fourth-order valence-electron chi connectivity index (χ4n) is 0.672. The zero-order valence-corrected chi connectivity index (χ0v) is 6.92. The molecule has 0 aromatic carbocycles. The quantitative estimate of drug-likeness (QED) is 0.591. The highest BCUT2D eigenvalue weighted by molar-refractivity contribution is 4.57. The summed E-state index contributed by atoms with van der Waals surface area (Å²) >= 11 is 0. The van der Waals surface area contributed by atoms with Crippen molar-refractivity contribution in [1.29, 1.82) is 0 Å². The van der Waals surface area contributed by atoms with Crippen LogP contribution in [-0.4, -0.2) is 37.4 Å². The first kappa shape index (κ1) is 10.8. The number of ether oxygens (including phenoxy) is 2. The molecule has 0 saturated heterocycles. The Morgan fingerprint density at radius 1 is 1.27 bits per heavy atom. The lowest BCUT2D eigenvalue weighted by molar-refractivity contribution is -0.192. The van der Waals surface area contributed by atoms with E-state index >= 15 is 0 Å². The van der Waals surface area contributed by atoms with Crippen molar-refractivity contribution in [1.82, 2.24) is 0 Å². The first-order chi connectivity index (χ1) is 5.26. The molecule has 0 spiro atoms. The van der Waals surface area contributed by atoms with E-state index in [0.29, 0.717) is 13.2 Å². The number of aliphatic hydroxyl groups excluding tert-OH is 1. The SMILES string of the molecule is CCOC(OCC)C(O)CF. The highest BCUT2D eigenvalue weighted by atomic mass is 19.1. The molecule has 0 aromatic heterocycles. The Hall–Kier alpha value is -0.190. The van der Waals surface area contributed by atoms with Gasteiger partial charge in [0.25, 0.3) is 0 Å². The minimum absolute atomic E-state index is 0.404. The molecule has 0 heterocycles. The average molecular weight is 166 g/mol. The summed E-state index contributed by atoms with van der Waals surface area (Å²) in [6, 6.07) is 0. The van der Waals surface area contributed by atoms with Crippen LogP contribution in [0.25, 0.3) is 0 Å². The van der Waals surface area contributed by atoms with E-state index in [-0.39, 0.29) is 0 Å². The molecule has 1 atom stereocenters. The van der Waals surface area contributed by atoms with Crippen molar-refractivity contribution in [2.45, 2.75) is 26.2 Å². The minimum Gasteiger partial charge on any atom is -0.385 e. The maximum absolute atomic E-state index is 11.9. The van der Waals surface area contributed by atoms with Gasteiger partial charge in [0.1, 0.15) is 12.8 Å². The Balaban J connectivity index is 3.66. The number of hydrogen-bond donors (Lipinski definition) is 1. The molecule has 0 radical (unpaired) electrons. The molecule has 0 aliphatic rings. The van der Waals surface area contributed by atoms with Gasteiger partial charge in [-0.2, -0.15) is 0 Å². The van der Waals surface area contributed by atoms with Gasteiger partial charge in [-0.05, 0) is 13.8 Å². The van der Waals surface area contributed by atoms with Crippen LogP contribution in [-0.2, 0) is 9.47 Å². The number of hydrogen-bond acceptors (Lipinski definition) is 3. The second-order valence-electron chi connectivity index (χ2n) is 2.00. The van der Waals surface area contributed by atoms with Crippen LogP contribution in [0.2, 0.25) is 0 Å². The zero-order valence-electron chi connectivity index (χ0n) is 6.92. The molecule has 0 aromatic rings. The Labute approximate surface area is 66.1 Å². The van der Waals surface area contributed by atoms with Crippen LogP contribution in [0.3, 0.4) is 0 Å². The molecule has 0 rings (SSSR count). The van der Waals surface area contributed by atoms with Crippen molar-refractivity contribution in [3.8, 4) is 0 Å². The standard InChI is InChI=1S/C7H15FO3/c1-3-10-7(11-4-2)6(9)5-8/h6-7,9H,3-5H2,1-2H3. The second kappa shape index (κ2) is 6.52. The number of alkyl halides is 1. The van der Waals surface area contributed by atoms with Gasteiger partial charge in [-0.1, -0.05) is 0 Å². The summed E-state index contributed by atoms with van der Waals surface area (Å²) in [7, 11) is 0. The fourth-order valence-corrected chi connectivity index (χ4v) is 0.672. The van der Waals surface area contributed by atoms with E-state index in [1.807, 2.05) is 0 Å². The van der Waals surface area contributed by atoms with Crippen LogP contribution >= 0.6 is 0 Å². The third kappa shape index (κ3) is 4.29. The van der Waals surface area contributed by atoms with Crippen LogP contribution in [0.4, 0.5) is 4.39 Å². The predicted molar refractivity (Wildman–Crippen MR) is 39.0 cm³/mol. The van der Waals surface area contributed by atoms with Crippen molar-refractivity contribution < 1.29 is 19.0 Å². The summed E-state index contributed by atoms with van der Waals surface area (Å²) in [5.41, 5.74) is 0. The molecule has 0 aliphatic heterocycles. The summed E-state index contributed by atoms with van der Waals surface area (Å²) in [6.07, 6.45) is -2.00. The number of halogens is 1. The van der Waals surface area contributed by atoms with Gasteiger partial charge in [-0.25, -0.2) is 4.39 Å². The maximum Gasteiger partial charge on any atom is 0.185 e. The van der Waals surface area contributed by atoms with E-state index in [9.17, 15) is 4.39 Å². The van der Waals surface area contributed by atoms with Crippen molar-refractivity contribution in [2.24, 2.45) is 0 Å². The largest absolute Gasteiger partial charge is 0.385 e. The van der Waals surface area contributed by atoms with E-state index in [1.165, 1.54) is 0 Å². The van der Waals surface area contributed by atoms with Gasteiger partial charge in [-0.15, -0.1) is 0 Å². The first-order valence-electron chi connectivity index (χ1n) is 3.73. The van der Waals surface area contributed by atoms with Gasteiger partial charge in [-0.3, -0.25) is 0 Å². The molecule has 11 heavy (non-hydrogen) atoms. The van der Waals surface area contributed by atoms with Crippen molar-refractivity contribution in [2.75, 3.05) is 19.9 Å². The van der Waals surface area contributed by atoms with Gasteiger partial charge in [0, 0.05) is 13.2 Å². The maximum atomic E-state index is 11.9. The third-order valence-electron chi connectivity index (χ3n) is 1.13. The highest BCUT2D eigenvalue weighted by Gasteiger charge is 2.18. The van der Waals surface area contributed by atoms with E-state index in [2.05, 4.69) is 0 Å². The Bertz CT molecular complexity index is 83.8. The van der Waals surface area contributed by atoms with E-state index in [1.54, 1.807) is 13.8 Å². The summed E-state index contributed by atoms with van der Waals surface area (Å²) in [5.74, 6) is 0. The van der Waals surface area contributed by atoms with Crippen molar-refractivity contribution in [3.05, 3.63) is 0 Å². The van der Waals surface area contributed by atoms with Crippen LogP contribution < -0.4 is 0 Å². The third-order valence-corrected chi connectivity index (χ3v) is 1.13. The normalized spacial score (nSPS) is 13.9. The first-order valence-corrected chi connectivity index (χ1v) is 3.73. The van der Waals surface area contributed by atoms with Crippen LogP contribution in [0.1, 0.15) is 13.8 Å². The van der Waals surface area contributed by atoms with E-state index in [4.69, 9.17) is 14.6 Å². The number of rotatable bonds is 6. The fraction of sp³-hybridized carbons (Fsp3) is 1.00. The van der Waals surface area contributed by atoms with Crippen LogP contribution in [0, 0.1) is 0 Å². The molecule has 0 bridgehead atoms. The van der Waals surface area contributed by atoms with Gasteiger partial charge in [0.15, 0.2) is 6.29 Å². The molecule has 1 N–H and O–H groups in total. The molecule has 0 aliphatic carbocycles. The summed E-state index contributed by atoms with van der Waals surface area (Å²) < 4.78 is 21.7. The molecule has 0 saturated carbocycles. The van der Waals surface area contributed by atoms with Gasteiger partial charge in [0.2, 0.25) is 0 Å². The molecule has 4 heteroatoms. The molecule has 0 fully saturated rings. The lowest BCUT2D eigenvalue weighted by Crippen LogP contribution is -2.33. The monoisotopic (exact) mass is 166 g/mol. The second-order valence-corrected chi connectivity index (χ2v) is 2.00. The van der Waals surface area contributed by atoms with Gasteiger partial charge >= 0.3 is 0 Å². The van der Waals surface area contributed by atoms with Crippen molar-refractivity contribution >= 4 is 0 Å². The molecule has 68 valence electrons. The summed E-state index contributed by atoms with van der Waals surface area (Å²) in [5, 5.41) is 8.95. The molecule has 3 nitrogen and oxygen atoms in total. The van der Waals surface area contributed by atoms with Gasteiger partial charge < -0.3 is 14.6 Å². The predicted octanol–water partition coefficient (Wildman–Crippen LogP) is 0.716. The molecular weight excluding hydrogens is 151 g/mol. The van der Waals surface area contributed by atoms with Crippen molar-refractivity contribution in [3.63, 3.8) is 0 Å². The molecule has 1 unspecified atom stereocenters. The smallest absolute Gasteiger partial charge is 0.185 e. The summed E-state index contributed by atoms with van der Waals surface area (Å²) in [6.45, 7) is 3.49.